The molecule has 0 saturated carbocycles. The topological polar surface area (TPSA) is 67.6 Å². The summed E-state index contributed by atoms with van der Waals surface area (Å²) >= 11 is 0. The van der Waals surface area contributed by atoms with Crippen LogP contribution in [0.1, 0.15) is 29.8 Å². The van der Waals surface area contributed by atoms with Gasteiger partial charge in [-0.05, 0) is 44.2 Å². The van der Waals surface area contributed by atoms with Gasteiger partial charge in [0.25, 0.3) is 5.91 Å². The fourth-order valence-electron chi connectivity index (χ4n) is 3.65. The van der Waals surface area contributed by atoms with Crippen molar-refractivity contribution in [3.05, 3.63) is 53.3 Å². The van der Waals surface area contributed by atoms with E-state index in [1.807, 2.05) is 6.07 Å². The molecule has 1 amide bonds. The Morgan fingerprint density at radius 3 is 2.39 bits per heavy atom. The van der Waals surface area contributed by atoms with E-state index in [9.17, 15) is 9.18 Å². The van der Waals surface area contributed by atoms with Crippen molar-refractivity contribution >= 4 is 17.3 Å². The molecule has 0 radical (unpaired) electrons. The van der Waals surface area contributed by atoms with Crippen LogP contribution in [0.3, 0.4) is 0 Å². The summed E-state index contributed by atoms with van der Waals surface area (Å²) in [6.07, 6.45) is 0. The Morgan fingerprint density at radius 2 is 1.77 bits per heavy atom. The van der Waals surface area contributed by atoms with E-state index in [0.29, 0.717) is 34.0 Å². The van der Waals surface area contributed by atoms with Crippen LogP contribution in [0.25, 0.3) is 0 Å². The number of hydrazone groups is 1. The number of hydrogen-bond acceptors (Lipinski definition) is 5. The number of nitrogens with one attached hydrogen (secondary N) is 2. The second-order valence-electron chi connectivity index (χ2n) is 7.46. The molecule has 1 saturated heterocycles. The second-order valence-corrected chi connectivity index (χ2v) is 7.46. The highest BCUT2D eigenvalue weighted by Gasteiger charge is 2.21. The van der Waals surface area contributed by atoms with E-state index < -0.39 is 5.91 Å². The molecule has 1 heterocycles. The highest BCUT2D eigenvalue weighted by molar-refractivity contribution is 6.01. The lowest BCUT2D eigenvalue weighted by Crippen LogP contribution is -3.14. The maximum absolute atomic E-state index is 14.8. The van der Waals surface area contributed by atoms with Gasteiger partial charge in [-0.15, -0.1) is 0 Å². The Morgan fingerprint density at radius 1 is 1.10 bits per heavy atom. The normalized spacial score (nSPS) is 15.0. The van der Waals surface area contributed by atoms with Gasteiger partial charge in [-0.25, -0.2) is 9.82 Å². The Balaban J connectivity index is 1.67. The minimum Gasteiger partial charge on any atom is -0.493 e. The van der Waals surface area contributed by atoms with Crippen molar-refractivity contribution in [3.63, 3.8) is 0 Å². The highest BCUT2D eigenvalue weighted by Crippen LogP contribution is 2.27. The van der Waals surface area contributed by atoms with Crippen molar-refractivity contribution in [2.45, 2.75) is 13.8 Å². The summed E-state index contributed by atoms with van der Waals surface area (Å²) < 4.78 is 25.2. The van der Waals surface area contributed by atoms with Crippen LogP contribution in [0.15, 0.2) is 41.5 Å². The first-order chi connectivity index (χ1) is 15.0. The third kappa shape index (κ3) is 5.32. The monoisotopic (exact) mass is 429 g/mol. The second kappa shape index (κ2) is 10.3. The van der Waals surface area contributed by atoms with E-state index in [2.05, 4.69) is 22.4 Å². The molecule has 8 heteroatoms. The summed E-state index contributed by atoms with van der Waals surface area (Å²) in [6, 6.07) is 9.94. The quantitative estimate of drug-likeness (QED) is 0.520. The summed E-state index contributed by atoms with van der Waals surface area (Å²) in [4.78, 5) is 16.1. The zero-order valence-electron chi connectivity index (χ0n) is 18.5. The number of ether oxygens (including phenoxy) is 2. The number of carbonyl (C=O) groups is 1. The van der Waals surface area contributed by atoms with Crippen LogP contribution in [0, 0.1) is 5.82 Å². The Kier molecular flexibility index (Phi) is 7.46. The fraction of sp³-hybridized carbons (Fsp3) is 0.391. The van der Waals surface area contributed by atoms with Crippen LogP contribution in [-0.2, 0) is 0 Å². The van der Waals surface area contributed by atoms with Gasteiger partial charge in [0.2, 0.25) is 0 Å². The summed E-state index contributed by atoms with van der Waals surface area (Å²) in [7, 11) is 3.03. The summed E-state index contributed by atoms with van der Waals surface area (Å²) in [6.45, 7) is 8.71. The van der Waals surface area contributed by atoms with E-state index in [4.69, 9.17) is 9.47 Å². The Labute approximate surface area is 182 Å². The lowest BCUT2D eigenvalue weighted by molar-refractivity contribution is -0.898. The van der Waals surface area contributed by atoms with Crippen molar-refractivity contribution in [2.75, 3.05) is 51.8 Å². The smallest absolute Gasteiger partial charge is 0.271 e. The van der Waals surface area contributed by atoms with Crippen LogP contribution < -0.4 is 24.7 Å². The number of anilines is 1. The van der Waals surface area contributed by atoms with Gasteiger partial charge in [0.1, 0.15) is 5.82 Å². The van der Waals surface area contributed by atoms with Crippen molar-refractivity contribution in [2.24, 2.45) is 5.10 Å². The van der Waals surface area contributed by atoms with Crippen molar-refractivity contribution in [1.82, 2.24) is 5.43 Å². The Bertz CT molecular complexity index is 956. The zero-order valence-corrected chi connectivity index (χ0v) is 18.5. The van der Waals surface area contributed by atoms with E-state index in [-0.39, 0.29) is 5.82 Å². The highest BCUT2D eigenvalue weighted by atomic mass is 19.1. The number of nitrogens with zero attached hydrogens (tertiary/aromatic N) is 2. The van der Waals surface area contributed by atoms with Gasteiger partial charge < -0.3 is 19.3 Å². The average Bonchev–Trinajstić information content (AvgIpc) is 2.81. The van der Waals surface area contributed by atoms with E-state index in [0.717, 1.165) is 32.7 Å². The molecular formula is C23H30FN4O3+. The molecule has 1 aliphatic heterocycles. The fourth-order valence-corrected chi connectivity index (χ4v) is 3.65. The summed E-state index contributed by atoms with van der Waals surface area (Å²) in [5.74, 6) is 0.314. The molecule has 3 rings (SSSR count). The van der Waals surface area contributed by atoms with Gasteiger partial charge in [0.15, 0.2) is 11.5 Å². The molecular weight excluding hydrogens is 399 g/mol. The van der Waals surface area contributed by atoms with Crippen LogP contribution in [0.2, 0.25) is 0 Å². The lowest BCUT2D eigenvalue weighted by Gasteiger charge is -2.33. The number of amides is 1. The van der Waals surface area contributed by atoms with E-state index in [1.54, 1.807) is 36.1 Å². The summed E-state index contributed by atoms with van der Waals surface area (Å²) in [5, 5.41) is 4.13. The first-order valence-corrected chi connectivity index (χ1v) is 10.4. The van der Waals surface area contributed by atoms with Gasteiger partial charge in [-0.1, -0.05) is 6.07 Å². The van der Waals surface area contributed by atoms with Crippen LogP contribution >= 0.6 is 0 Å². The van der Waals surface area contributed by atoms with Crippen LogP contribution in [-0.4, -0.2) is 58.6 Å². The summed E-state index contributed by atoms with van der Waals surface area (Å²) in [5.41, 5.74) is 4.63. The minimum atomic E-state index is -0.395. The zero-order chi connectivity index (χ0) is 22.4. The molecule has 166 valence electrons. The molecule has 2 aromatic rings. The molecule has 7 nitrogen and oxygen atoms in total. The van der Waals surface area contributed by atoms with Crippen molar-refractivity contribution in [3.8, 4) is 11.5 Å². The predicted molar refractivity (Wildman–Crippen MR) is 119 cm³/mol. The number of hydrogen-bond donors (Lipinski definition) is 2. The first kappa shape index (κ1) is 22.6. The third-order valence-electron chi connectivity index (χ3n) is 5.65. The van der Waals surface area contributed by atoms with Crippen LogP contribution in [0.4, 0.5) is 10.1 Å². The maximum Gasteiger partial charge on any atom is 0.271 e. The van der Waals surface area contributed by atoms with Gasteiger partial charge in [0.05, 0.1) is 58.3 Å². The standard InChI is InChI=1S/C23H29FN4O3/c1-5-27-10-12-28(13-11-27)20-8-6-17(14-19(20)24)16(2)25-26-23(29)18-7-9-21(30-3)22(15-18)31-4/h6-9,14-15H,5,10-13H2,1-4H3,(H,26,29)/p+1/b25-16-. The molecule has 1 aliphatic rings. The van der Waals surface area contributed by atoms with E-state index in [1.165, 1.54) is 20.3 Å². The van der Waals surface area contributed by atoms with Crippen LogP contribution in [0.5, 0.6) is 11.5 Å². The van der Waals surface area contributed by atoms with Gasteiger partial charge in [0, 0.05) is 11.1 Å². The molecule has 0 aliphatic carbocycles. The molecule has 0 spiro atoms. The number of likely N-dealkylation sites (N-methyl/N-ethyl adjacent to an activating group) is 1. The van der Waals surface area contributed by atoms with Gasteiger partial charge >= 0.3 is 0 Å². The molecule has 2 aromatic carbocycles. The number of piperazine rings is 1. The average molecular weight is 430 g/mol. The number of rotatable bonds is 7. The molecule has 31 heavy (non-hydrogen) atoms. The number of halogens is 1. The minimum absolute atomic E-state index is 0.279. The largest absolute Gasteiger partial charge is 0.493 e. The number of methoxy groups -OCH3 is 2. The SMILES string of the molecule is CC[NH+]1CCN(c2ccc(/C(C)=N\NC(=O)c3ccc(OC)c(OC)c3)cc2F)CC1. The van der Waals surface area contributed by atoms with Crippen molar-refractivity contribution in [1.29, 1.82) is 0 Å². The maximum atomic E-state index is 14.8. The molecule has 0 unspecified atom stereocenters. The molecule has 0 aromatic heterocycles. The molecule has 1 fully saturated rings. The number of quaternary nitrogens is 1. The predicted octanol–water partition coefficient (Wildman–Crippen LogP) is 1.72. The van der Waals surface area contributed by atoms with Crippen molar-refractivity contribution < 1.29 is 23.6 Å². The lowest BCUT2D eigenvalue weighted by atomic mass is 10.1. The molecule has 2 N–H and O–H groups in total. The number of benzene rings is 2. The first-order valence-electron chi connectivity index (χ1n) is 10.4. The van der Waals surface area contributed by atoms with E-state index >= 15 is 0 Å². The Hall–Kier alpha value is -3.13. The van der Waals surface area contributed by atoms with Gasteiger partial charge in [-0.3, -0.25) is 4.79 Å². The molecule has 0 atom stereocenters. The number of carbonyl (C=O) groups excluding carboxylic acids is 1. The third-order valence-corrected chi connectivity index (χ3v) is 5.65. The molecule has 0 bridgehead atoms. The van der Waals surface area contributed by atoms with Gasteiger partial charge in [-0.2, -0.15) is 5.10 Å².